The first-order chi connectivity index (χ1) is 10.3. The van der Waals surface area contributed by atoms with Gasteiger partial charge in [-0.15, -0.1) is 0 Å². The SMILES string of the molecule is C=CO/N=C(\C#Cc1ccccc1)c1ccc(OC)cc1. The van der Waals surface area contributed by atoms with Crippen molar-refractivity contribution in [1.82, 2.24) is 0 Å². The lowest BCUT2D eigenvalue weighted by Crippen LogP contribution is -1.98. The highest BCUT2D eigenvalue weighted by Crippen LogP contribution is 2.12. The highest BCUT2D eigenvalue weighted by Gasteiger charge is 2.02. The van der Waals surface area contributed by atoms with E-state index in [1.165, 1.54) is 6.26 Å². The van der Waals surface area contributed by atoms with Gasteiger partial charge in [0.05, 0.1) is 7.11 Å². The number of benzene rings is 2. The fourth-order valence-corrected chi connectivity index (χ4v) is 1.64. The number of hydrogen-bond acceptors (Lipinski definition) is 3. The van der Waals surface area contributed by atoms with E-state index in [1.807, 2.05) is 54.6 Å². The molecule has 0 bridgehead atoms. The van der Waals surface area contributed by atoms with Gasteiger partial charge in [-0.1, -0.05) is 35.9 Å². The molecular weight excluding hydrogens is 262 g/mol. The van der Waals surface area contributed by atoms with Gasteiger partial charge < -0.3 is 9.57 Å². The second-order valence-corrected chi connectivity index (χ2v) is 4.06. The summed E-state index contributed by atoms with van der Waals surface area (Å²) in [7, 11) is 1.63. The van der Waals surface area contributed by atoms with E-state index in [-0.39, 0.29) is 0 Å². The molecule has 0 aromatic heterocycles. The molecule has 3 heteroatoms. The van der Waals surface area contributed by atoms with Crippen molar-refractivity contribution in [2.45, 2.75) is 0 Å². The van der Waals surface area contributed by atoms with Crippen molar-refractivity contribution in [3.63, 3.8) is 0 Å². The van der Waals surface area contributed by atoms with Crippen LogP contribution in [0.4, 0.5) is 0 Å². The first-order valence-electron chi connectivity index (χ1n) is 6.39. The average molecular weight is 277 g/mol. The topological polar surface area (TPSA) is 30.8 Å². The molecule has 0 unspecified atom stereocenters. The molecule has 2 rings (SSSR count). The van der Waals surface area contributed by atoms with Crippen molar-refractivity contribution in [2.75, 3.05) is 7.11 Å². The maximum absolute atomic E-state index is 5.14. The molecule has 0 N–H and O–H groups in total. The van der Waals surface area contributed by atoms with Gasteiger partial charge in [0.25, 0.3) is 0 Å². The molecule has 3 nitrogen and oxygen atoms in total. The number of rotatable bonds is 4. The fraction of sp³-hybridized carbons (Fsp3) is 0.0556. The van der Waals surface area contributed by atoms with Crippen LogP contribution in [0.1, 0.15) is 11.1 Å². The maximum atomic E-state index is 5.14. The van der Waals surface area contributed by atoms with Crippen LogP contribution >= 0.6 is 0 Å². The van der Waals surface area contributed by atoms with E-state index in [1.54, 1.807) is 7.11 Å². The molecule has 0 radical (unpaired) electrons. The molecule has 0 saturated carbocycles. The number of nitrogens with zero attached hydrogens (tertiary/aromatic N) is 1. The van der Waals surface area contributed by atoms with E-state index < -0.39 is 0 Å². The molecular formula is C18H15NO2. The lowest BCUT2D eigenvalue weighted by molar-refractivity contribution is 0.270. The third-order valence-corrected chi connectivity index (χ3v) is 2.68. The van der Waals surface area contributed by atoms with Crippen LogP contribution in [0, 0.1) is 11.8 Å². The van der Waals surface area contributed by atoms with Crippen molar-refractivity contribution in [3.8, 4) is 17.6 Å². The number of methoxy groups -OCH3 is 1. The Bertz CT molecular complexity index is 677. The summed E-state index contributed by atoms with van der Waals surface area (Å²) in [5.41, 5.74) is 2.29. The molecule has 0 aliphatic heterocycles. The zero-order valence-electron chi connectivity index (χ0n) is 11.7. The Kier molecular flexibility index (Phi) is 5.19. The minimum absolute atomic E-state index is 0.529. The Hall–Kier alpha value is -2.99. The monoisotopic (exact) mass is 277 g/mol. The van der Waals surface area contributed by atoms with E-state index in [2.05, 4.69) is 23.6 Å². The molecule has 2 aromatic carbocycles. The molecule has 0 aliphatic carbocycles. The smallest absolute Gasteiger partial charge is 0.160 e. The van der Waals surface area contributed by atoms with Crippen LogP contribution in [-0.4, -0.2) is 12.8 Å². The van der Waals surface area contributed by atoms with Gasteiger partial charge in [0, 0.05) is 11.1 Å². The van der Waals surface area contributed by atoms with Crippen LogP contribution in [0.25, 0.3) is 0 Å². The normalized spacial score (nSPS) is 10.2. The Labute approximate surface area is 124 Å². The van der Waals surface area contributed by atoms with Gasteiger partial charge in [-0.2, -0.15) is 0 Å². The van der Waals surface area contributed by atoms with Crippen LogP contribution in [0.2, 0.25) is 0 Å². The van der Waals surface area contributed by atoms with Gasteiger partial charge in [0.15, 0.2) is 5.71 Å². The van der Waals surface area contributed by atoms with Crippen molar-refractivity contribution in [1.29, 1.82) is 0 Å². The van der Waals surface area contributed by atoms with E-state index in [4.69, 9.17) is 9.57 Å². The minimum atomic E-state index is 0.529. The quantitative estimate of drug-likeness (QED) is 0.370. The van der Waals surface area contributed by atoms with E-state index >= 15 is 0 Å². The standard InChI is InChI=1S/C18H15NO2/c1-3-21-19-18(14-9-15-7-5-4-6-8-15)16-10-12-17(20-2)13-11-16/h3-8,10-13H,1H2,2H3/b19-18+. The van der Waals surface area contributed by atoms with Crippen molar-refractivity contribution in [3.05, 3.63) is 78.6 Å². The maximum Gasteiger partial charge on any atom is 0.160 e. The summed E-state index contributed by atoms with van der Waals surface area (Å²) in [6, 6.07) is 17.2. The van der Waals surface area contributed by atoms with Gasteiger partial charge in [0.1, 0.15) is 12.0 Å². The van der Waals surface area contributed by atoms with Crippen LogP contribution in [0.15, 0.2) is 72.6 Å². The van der Waals surface area contributed by atoms with E-state index in [0.717, 1.165) is 16.9 Å². The van der Waals surface area contributed by atoms with Crippen molar-refractivity contribution < 1.29 is 9.57 Å². The molecule has 0 atom stereocenters. The van der Waals surface area contributed by atoms with Crippen LogP contribution in [-0.2, 0) is 4.84 Å². The summed E-state index contributed by atoms with van der Waals surface area (Å²) in [6.45, 7) is 3.47. The Balaban J connectivity index is 2.30. The molecule has 21 heavy (non-hydrogen) atoms. The largest absolute Gasteiger partial charge is 0.497 e. The Morgan fingerprint density at radius 1 is 1.10 bits per heavy atom. The van der Waals surface area contributed by atoms with Crippen molar-refractivity contribution in [2.24, 2.45) is 5.16 Å². The van der Waals surface area contributed by atoms with E-state index in [9.17, 15) is 0 Å². The third kappa shape index (κ3) is 4.26. The number of oxime groups is 1. The molecule has 2 aromatic rings. The zero-order valence-corrected chi connectivity index (χ0v) is 11.7. The highest BCUT2D eigenvalue weighted by molar-refractivity contribution is 6.13. The lowest BCUT2D eigenvalue weighted by atomic mass is 10.1. The summed E-state index contributed by atoms with van der Waals surface area (Å²) in [4.78, 5) is 4.91. The fourth-order valence-electron chi connectivity index (χ4n) is 1.64. The summed E-state index contributed by atoms with van der Waals surface area (Å²) in [6.07, 6.45) is 1.26. The number of ether oxygens (including phenoxy) is 1. The van der Waals surface area contributed by atoms with Crippen LogP contribution < -0.4 is 4.74 Å². The van der Waals surface area contributed by atoms with Gasteiger partial charge in [-0.25, -0.2) is 0 Å². The second-order valence-electron chi connectivity index (χ2n) is 4.06. The van der Waals surface area contributed by atoms with Crippen LogP contribution in [0.3, 0.4) is 0 Å². The summed E-state index contributed by atoms with van der Waals surface area (Å²) in [5.74, 6) is 6.84. The molecule has 0 aliphatic rings. The molecule has 0 saturated heterocycles. The van der Waals surface area contributed by atoms with Gasteiger partial charge >= 0.3 is 0 Å². The predicted octanol–water partition coefficient (Wildman–Crippen LogP) is 3.61. The van der Waals surface area contributed by atoms with Gasteiger partial charge in [-0.3, -0.25) is 0 Å². The van der Waals surface area contributed by atoms with Crippen molar-refractivity contribution >= 4 is 5.71 Å². The molecule has 0 fully saturated rings. The molecule has 0 amide bonds. The zero-order chi connectivity index (χ0) is 14.9. The highest BCUT2D eigenvalue weighted by atomic mass is 16.6. The summed E-state index contributed by atoms with van der Waals surface area (Å²) in [5, 5.41) is 3.97. The lowest BCUT2D eigenvalue weighted by Gasteiger charge is -2.01. The molecule has 104 valence electrons. The van der Waals surface area contributed by atoms with Gasteiger partial charge in [0.2, 0.25) is 0 Å². The number of hydrogen-bond donors (Lipinski definition) is 0. The summed E-state index contributed by atoms with van der Waals surface area (Å²) < 4.78 is 5.14. The van der Waals surface area contributed by atoms with E-state index in [0.29, 0.717) is 5.71 Å². The summed E-state index contributed by atoms with van der Waals surface area (Å²) >= 11 is 0. The molecule has 0 heterocycles. The average Bonchev–Trinajstić information content (AvgIpc) is 2.56. The third-order valence-electron chi connectivity index (χ3n) is 2.68. The molecule has 0 spiro atoms. The Morgan fingerprint density at radius 2 is 1.81 bits per heavy atom. The first kappa shape index (κ1) is 14.4. The minimum Gasteiger partial charge on any atom is -0.497 e. The van der Waals surface area contributed by atoms with Crippen LogP contribution in [0.5, 0.6) is 5.75 Å². The predicted molar refractivity (Wildman–Crippen MR) is 84.1 cm³/mol. The Morgan fingerprint density at radius 3 is 2.43 bits per heavy atom. The first-order valence-corrected chi connectivity index (χ1v) is 6.39. The second kappa shape index (κ2) is 7.56. The van der Waals surface area contributed by atoms with Gasteiger partial charge in [-0.05, 0) is 42.3 Å².